The molecule has 8 heteroatoms. The maximum absolute atomic E-state index is 12.0. The van der Waals surface area contributed by atoms with Crippen LogP contribution in [0.25, 0.3) is 0 Å². The van der Waals surface area contributed by atoms with Crippen molar-refractivity contribution >= 4 is 16.1 Å². The van der Waals surface area contributed by atoms with Crippen molar-refractivity contribution in [3.05, 3.63) is 0 Å². The second-order valence-corrected chi connectivity index (χ2v) is 6.57. The van der Waals surface area contributed by atoms with Crippen molar-refractivity contribution in [3.63, 3.8) is 0 Å². The number of nitrogens with zero attached hydrogens (tertiary/aromatic N) is 1. The Morgan fingerprint density at radius 3 is 2.37 bits per heavy atom. The van der Waals surface area contributed by atoms with Crippen LogP contribution in [0.5, 0.6) is 0 Å². The summed E-state index contributed by atoms with van der Waals surface area (Å²) in [4.78, 5) is 10.7. The fourth-order valence-electron chi connectivity index (χ4n) is 1.97. The molecule has 7 nitrogen and oxygen atoms in total. The van der Waals surface area contributed by atoms with E-state index in [1.807, 2.05) is 13.8 Å². The van der Waals surface area contributed by atoms with E-state index in [0.717, 1.165) is 0 Å². The Labute approximate surface area is 114 Å². The third-order valence-corrected chi connectivity index (χ3v) is 4.28. The van der Waals surface area contributed by atoms with Gasteiger partial charge in [0.1, 0.15) is 0 Å². The second kappa shape index (κ2) is 7.18. The van der Waals surface area contributed by atoms with E-state index in [4.69, 9.17) is 4.74 Å². The van der Waals surface area contributed by atoms with Crippen LogP contribution in [-0.4, -0.2) is 57.0 Å². The highest BCUT2D eigenvalue weighted by Crippen LogP contribution is 2.13. The normalized spacial score (nSPS) is 25.2. The van der Waals surface area contributed by atoms with Gasteiger partial charge in [0, 0.05) is 33.1 Å². The standard InChI is InChI=1S/C11H23N3O4S/c1-9-7-14(8-10(2)18-9)19(16,17)13-6-4-5-12-11(3)15/h9-10,13H,4-8H2,1-3H3,(H,12,15). The molecule has 0 aromatic heterocycles. The number of rotatable bonds is 6. The summed E-state index contributed by atoms with van der Waals surface area (Å²) in [6.07, 6.45) is 0.369. The average Bonchev–Trinajstić information content (AvgIpc) is 2.26. The highest BCUT2D eigenvalue weighted by molar-refractivity contribution is 7.87. The van der Waals surface area contributed by atoms with Gasteiger partial charge in [0.2, 0.25) is 5.91 Å². The summed E-state index contributed by atoms with van der Waals surface area (Å²) in [5.41, 5.74) is 0. The van der Waals surface area contributed by atoms with Crippen molar-refractivity contribution < 1.29 is 17.9 Å². The molecule has 1 heterocycles. The Morgan fingerprint density at radius 2 is 1.84 bits per heavy atom. The third kappa shape index (κ3) is 5.85. The van der Waals surface area contributed by atoms with Gasteiger partial charge in [-0.25, -0.2) is 4.72 Å². The van der Waals surface area contributed by atoms with Gasteiger partial charge in [-0.05, 0) is 20.3 Å². The Hall–Kier alpha value is -0.700. The summed E-state index contributed by atoms with van der Waals surface area (Å²) in [5.74, 6) is -0.112. The molecule has 1 fully saturated rings. The molecule has 0 radical (unpaired) electrons. The van der Waals surface area contributed by atoms with Gasteiger partial charge in [0.25, 0.3) is 10.2 Å². The van der Waals surface area contributed by atoms with Crippen LogP contribution in [0, 0.1) is 0 Å². The number of carbonyl (C=O) groups is 1. The molecule has 19 heavy (non-hydrogen) atoms. The lowest BCUT2D eigenvalue weighted by Gasteiger charge is -2.34. The van der Waals surface area contributed by atoms with E-state index in [-0.39, 0.29) is 18.1 Å². The summed E-state index contributed by atoms with van der Waals surface area (Å²) < 4.78 is 33.5. The first-order valence-electron chi connectivity index (χ1n) is 6.46. The molecule has 1 amide bonds. The molecule has 0 aliphatic carbocycles. The highest BCUT2D eigenvalue weighted by atomic mass is 32.2. The quantitative estimate of drug-likeness (QED) is 0.644. The molecule has 1 saturated heterocycles. The van der Waals surface area contributed by atoms with E-state index < -0.39 is 10.2 Å². The molecular weight excluding hydrogens is 270 g/mol. The third-order valence-electron chi connectivity index (χ3n) is 2.74. The van der Waals surface area contributed by atoms with Gasteiger partial charge < -0.3 is 10.1 Å². The van der Waals surface area contributed by atoms with Crippen LogP contribution in [0.3, 0.4) is 0 Å². The SMILES string of the molecule is CC(=O)NCCCNS(=O)(=O)N1CC(C)OC(C)C1. The minimum atomic E-state index is -3.46. The first-order valence-corrected chi connectivity index (χ1v) is 7.90. The number of nitrogens with one attached hydrogen (secondary N) is 2. The van der Waals surface area contributed by atoms with Gasteiger partial charge >= 0.3 is 0 Å². The molecule has 0 spiro atoms. The number of ether oxygens (including phenoxy) is 1. The second-order valence-electron chi connectivity index (χ2n) is 4.81. The number of hydrogen-bond donors (Lipinski definition) is 2. The van der Waals surface area contributed by atoms with Crippen molar-refractivity contribution in [1.29, 1.82) is 0 Å². The molecule has 0 aromatic rings. The first-order chi connectivity index (χ1) is 8.81. The molecule has 0 aromatic carbocycles. The van der Waals surface area contributed by atoms with Crippen LogP contribution in [0.4, 0.5) is 0 Å². The van der Waals surface area contributed by atoms with E-state index in [1.54, 1.807) is 0 Å². The van der Waals surface area contributed by atoms with Crippen molar-refractivity contribution in [1.82, 2.24) is 14.3 Å². The van der Waals surface area contributed by atoms with Crippen LogP contribution in [0.15, 0.2) is 0 Å². The molecule has 112 valence electrons. The lowest BCUT2D eigenvalue weighted by Crippen LogP contribution is -2.52. The first kappa shape index (κ1) is 16.4. The summed E-state index contributed by atoms with van der Waals surface area (Å²) in [5, 5.41) is 2.62. The average molecular weight is 293 g/mol. The van der Waals surface area contributed by atoms with Crippen LogP contribution >= 0.6 is 0 Å². The number of morpholine rings is 1. The van der Waals surface area contributed by atoms with Gasteiger partial charge in [-0.2, -0.15) is 12.7 Å². The minimum Gasteiger partial charge on any atom is -0.373 e. The van der Waals surface area contributed by atoms with E-state index in [0.29, 0.717) is 32.6 Å². The zero-order chi connectivity index (χ0) is 14.5. The fourth-order valence-corrected chi connectivity index (χ4v) is 3.37. The molecule has 0 bridgehead atoms. The van der Waals surface area contributed by atoms with Crippen molar-refractivity contribution in [3.8, 4) is 0 Å². The van der Waals surface area contributed by atoms with Gasteiger partial charge in [-0.3, -0.25) is 4.79 Å². The van der Waals surface area contributed by atoms with Gasteiger partial charge in [0.15, 0.2) is 0 Å². The van der Waals surface area contributed by atoms with E-state index in [2.05, 4.69) is 10.0 Å². The summed E-state index contributed by atoms with van der Waals surface area (Å²) in [6, 6.07) is 0. The number of hydrogen-bond acceptors (Lipinski definition) is 4. The topological polar surface area (TPSA) is 87.7 Å². The van der Waals surface area contributed by atoms with E-state index in [1.165, 1.54) is 11.2 Å². The zero-order valence-electron chi connectivity index (χ0n) is 11.7. The van der Waals surface area contributed by atoms with E-state index >= 15 is 0 Å². The van der Waals surface area contributed by atoms with Gasteiger partial charge in [-0.15, -0.1) is 0 Å². The van der Waals surface area contributed by atoms with Crippen LogP contribution in [0.2, 0.25) is 0 Å². The van der Waals surface area contributed by atoms with Crippen LogP contribution in [-0.2, 0) is 19.7 Å². The molecule has 1 rings (SSSR count). The van der Waals surface area contributed by atoms with Crippen molar-refractivity contribution in [2.75, 3.05) is 26.2 Å². The number of carbonyl (C=O) groups excluding carboxylic acids is 1. The van der Waals surface area contributed by atoms with Crippen LogP contribution in [0.1, 0.15) is 27.2 Å². The van der Waals surface area contributed by atoms with Crippen LogP contribution < -0.4 is 10.0 Å². The van der Waals surface area contributed by atoms with Crippen molar-refractivity contribution in [2.45, 2.75) is 39.4 Å². The molecule has 2 atom stereocenters. The molecule has 2 unspecified atom stereocenters. The van der Waals surface area contributed by atoms with E-state index in [9.17, 15) is 13.2 Å². The van der Waals surface area contributed by atoms with Gasteiger partial charge in [-0.1, -0.05) is 0 Å². The Bertz CT molecular complexity index is 389. The summed E-state index contributed by atoms with van der Waals surface area (Å²) >= 11 is 0. The zero-order valence-corrected chi connectivity index (χ0v) is 12.5. The maximum atomic E-state index is 12.0. The molecule has 0 saturated carbocycles. The predicted molar refractivity (Wildman–Crippen MR) is 71.8 cm³/mol. The maximum Gasteiger partial charge on any atom is 0.279 e. The molecular formula is C11H23N3O4S. The predicted octanol–water partition coefficient (Wildman–Crippen LogP) is -0.544. The van der Waals surface area contributed by atoms with Crippen molar-refractivity contribution in [2.24, 2.45) is 0 Å². The Kier molecular flexibility index (Phi) is 6.18. The molecule has 1 aliphatic heterocycles. The minimum absolute atomic E-state index is 0.0975. The fraction of sp³-hybridized carbons (Fsp3) is 0.909. The highest BCUT2D eigenvalue weighted by Gasteiger charge is 2.30. The Balaban J connectivity index is 2.36. The summed E-state index contributed by atoms with van der Waals surface area (Å²) in [7, 11) is -3.46. The largest absolute Gasteiger partial charge is 0.373 e. The molecule has 1 aliphatic rings. The monoisotopic (exact) mass is 293 g/mol. The lowest BCUT2D eigenvalue weighted by atomic mass is 10.3. The number of amides is 1. The van der Waals surface area contributed by atoms with Gasteiger partial charge in [0.05, 0.1) is 12.2 Å². The summed E-state index contributed by atoms with van der Waals surface area (Å²) in [6.45, 7) is 6.65. The lowest BCUT2D eigenvalue weighted by molar-refractivity contribution is -0.118. The Morgan fingerprint density at radius 1 is 1.26 bits per heavy atom. The molecule has 2 N–H and O–H groups in total. The smallest absolute Gasteiger partial charge is 0.279 e.